The van der Waals surface area contributed by atoms with Crippen molar-refractivity contribution in [2.24, 2.45) is 17.0 Å². The molecule has 1 aromatic carbocycles. The number of benzene rings is 1. The molecule has 3 heteroatoms. The van der Waals surface area contributed by atoms with Gasteiger partial charge < -0.3 is 0 Å². The summed E-state index contributed by atoms with van der Waals surface area (Å²) < 4.78 is 0. The van der Waals surface area contributed by atoms with Crippen molar-refractivity contribution in [3.8, 4) is 0 Å². The van der Waals surface area contributed by atoms with Gasteiger partial charge in [-0.2, -0.15) is 0 Å². The highest BCUT2D eigenvalue weighted by Crippen LogP contribution is 2.37. The topological polar surface area (TPSA) is 48.8 Å². The van der Waals surface area contributed by atoms with Crippen LogP contribution in [0.5, 0.6) is 0 Å². The van der Waals surface area contributed by atoms with Gasteiger partial charge in [0.15, 0.2) is 0 Å². The van der Waals surface area contributed by atoms with Crippen LogP contribution in [0.4, 0.5) is 0 Å². The third-order valence-electron chi connectivity index (χ3n) is 5.51. The van der Waals surface area contributed by atoms with Gasteiger partial charge in [0, 0.05) is 11.0 Å². The van der Waals surface area contributed by atoms with Crippen molar-refractivity contribution < 1.29 is 0 Å². The number of hydrogen-bond acceptors (Lipinski definition) is 1. The first-order valence-corrected chi connectivity index (χ1v) is 8.78. The monoisotopic (exact) mass is 297 g/mol. The van der Waals surface area contributed by atoms with Gasteiger partial charge in [0.25, 0.3) is 0 Å². The summed E-state index contributed by atoms with van der Waals surface area (Å²) in [5.41, 5.74) is 16.6. The molecule has 3 nitrogen and oxygen atoms in total. The standard InChI is InChI=1S/C19H27N3/c1-12-4-6-17-15(8-12)11-16-9-13(2)5-7-18(16)19(17)10-14(3)21-22-20/h11-14H,4-10H2,1-3H3. The first kappa shape index (κ1) is 15.4. The summed E-state index contributed by atoms with van der Waals surface area (Å²) in [6, 6.07) is 2.57. The first-order valence-electron chi connectivity index (χ1n) is 8.78. The van der Waals surface area contributed by atoms with Crippen LogP contribution in [-0.4, -0.2) is 6.04 Å². The Kier molecular flexibility index (Phi) is 4.44. The molecule has 0 bridgehead atoms. The summed E-state index contributed by atoms with van der Waals surface area (Å²) >= 11 is 0. The molecule has 0 heterocycles. The largest absolute Gasteiger partial charge is 0.0906 e. The van der Waals surface area contributed by atoms with Crippen LogP contribution >= 0.6 is 0 Å². The van der Waals surface area contributed by atoms with Crippen LogP contribution in [0.2, 0.25) is 0 Å². The average molecular weight is 297 g/mol. The highest BCUT2D eigenvalue weighted by molar-refractivity contribution is 5.49. The van der Waals surface area contributed by atoms with E-state index in [1.165, 1.54) is 44.1 Å². The molecular weight excluding hydrogens is 270 g/mol. The van der Waals surface area contributed by atoms with Crippen molar-refractivity contribution in [1.29, 1.82) is 0 Å². The van der Waals surface area contributed by atoms with E-state index in [2.05, 4.69) is 29.9 Å². The molecule has 22 heavy (non-hydrogen) atoms. The maximum Gasteiger partial charge on any atom is 0.0386 e. The second-order valence-corrected chi connectivity index (χ2v) is 7.58. The van der Waals surface area contributed by atoms with Gasteiger partial charge in [0.2, 0.25) is 0 Å². The summed E-state index contributed by atoms with van der Waals surface area (Å²) in [6.45, 7) is 6.78. The summed E-state index contributed by atoms with van der Waals surface area (Å²) in [4.78, 5) is 3.01. The third kappa shape index (κ3) is 3.01. The molecule has 3 unspecified atom stereocenters. The molecule has 2 aliphatic carbocycles. The lowest BCUT2D eigenvalue weighted by Crippen LogP contribution is -2.22. The van der Waals surface area contributed by atoms with E-state index >= 15 is 0 Å². The molecule has 3 atom stereocenters. The number of azide groups is 1. The van der Waals surface area contributed by atoms with Crippen LogP contribution in [0, 0.1) is 11.8 Å². The maximum absolute atomic E-state index is 8.72. The second-order valence-electron chi connectivity index (χ2n) is 7.58. The van der Waals surface area contributed by atoms with Crippen molar-refractivity contribution >= 4 is 0 Å². The first-order chi connectivity index (χ1) is 10.6. The van der Waals surface area contributed by atoms with Gasteiger partial charge in [0.1, 0.15) is 0 Å². The van der Waals surface area contributed by atoms with Crippen LogP contribution in [0.25, 0.3) is 10.4 Å². The third-order valence-corrected chi connectivity index (χ3v) is 5.51. The van der Waals surface area contributed by atoms with Crippen molar-refractivity contribution in [2.75, 3.05) is 0 Å². The summed E-state index contributed by atoms with van der Waals surface area (Å²) in [7, 11) is 0. The molecule has 0 saturated carbocycles. The Morgan fingerprint density at radius 1 is 1.14 bits per heavy atom. The zero-order valence-corrected chi connectivity index (χ0v) is 14.1. The Morgan fingerprint density at radius 2 is 1.68 bits per heavy atom. The van der Waals surface area contributed by atoms with Gasteiger partial charge in [-0.25, -0.2) is 0 Å². The maximum atomic E-state index is 8.72. The minimum Gasteiger partial charge on any atom is -0.0906 e. The number of hydrogen-bond donors (Lipinski definition) is 0. The zero-order valence-electron chi connectivity index (χ0n) is 14.1. The number of nitrogens with zero attached hydrogens (tertiary/aromatic N) is 3. The van der Waals surface area contributed by atoms with Gasteiger partial charge in [-0.05, 0) is 90.1 Å². The lowest BCUT2D eigenvalue weighted by molar-refractivity contribution is 0.479. The fourth-order valence-corrected chi connectivity index (χ4v) is 4.35. The minimum atomic E-state index is 0.0549. The van der Waals surface area contributed by atoms with Crippen LogP contribution in [0.1, 0.15) is 61.4 Å². The lowest BCUT2D eigenvalue weighted by atomic mass is 9.74. The predicted octanol–water partition coefficient (Wildman–Crippen LogP) is 5.18. The zero-order chi connectivity index (χ0) is 15.7. The van der Waals surface area contributed by atoms with E-state index in [0.29, 0.717) is 0 Å². The Morgan fingerprint density at radius 3 is 2.18 bits per heavy atom. The van der Waals surface area contributed by atoms with Crippen LogP contribution in [0.3, 0.4) is 0 Å². The van der Waals surface area contributed by atoms with E-state index in [1.807, 2.05) is 6.92 Å². The van der Waals surface area contributed by atoms with Crippen LogP contribution in [0.15, 0.2) is 11.2 Å². The second kappa shape index (κ2) is 6.34. The van der Waals surface area contributed by atoms with Crippen LogP contribution < -0.4 is 0 Å². The minimum absolute atomic E-state index is 0.0549. The molecule has 0 amide bonds. The van der Waals surface area contributed by atoms with Crippen molar-refractivity contribution in [3.05, 3.63) is 44.3 Å². The Bertz CT molecular complexity index is 575. The quantitative estimate of drug-likeness (QED) is 0.419. The fourth-order valence-electron chi connectivity index (χ4n) is 4.35. The molecule has 1 aromatic rings. The highest BCUT2D eigenvalue weighted by Gasteiger charge is 2.26. The summed E-state index contributed by atoms with van der Waals surface area (Å²) in [5, 5.41) is 3.93. The van der Waals surface area contributed by atoms with E-state index in [1.54, 1.807) is 22.3 Å². The van der Waals surface area contributed by atoms with Crippen molar-refractivity contribution in [2.45, 2.75) is 71.8 Å². The fraction of sp³-hybridized carbons (Fsp3) is 0.684. The Labute approximate surface area is 133 Å². The SMILES string of the molecule is CC1CCc2c(cc3c(c2CC(C)N=[N+]=[N-])CCC(C)C3)C1. The van der Waals surface area contributed by atoms with E-state index < -0.39 is 0 Å². The Balaban J connectivity index is 2.06. The molecule has 0 saturated heterocycles. The van der Waals surface area contributed by atoms with Gasteiger partial charge in [-0.3, -0.25) is 0 Å². The molecule has 0 fully saturated rings. The molecule has 0 spiro atoms. The molecule has 0 aromatic heterocycles. The molecule has 118 valence electrons. The smallest absolute Gasteiger partial charge is 0.0386 e. The molecule has 0 N–H and O–H groups in total. The molecule has 0 aliphatic heterocycles. The van der Waals surface area contributed by atoms with Crippen LogP contribution in [-0.2, 0) is 32.1 Å². The molecular formula is C19H27N3. The molecule has 0 radical (unpaired) electrons. The average Bonchev–Trinajstić information content (AvgIpc) is 2.46. The van der Waals surface area contributed by atoms with Gasteiger partial charge in [-0.15, -0.1) is 0 Å². The van der Waals surface area contributed by atoms with Gasteiger partial charge in [0.05, 0.1) is 0 Å². The van der Waals surface area contributed by atoms with Gasteiger partial charge >= 0.3 is 0 Å². The van der Waals surface area contributed by atoms with E-state index in [-0.39, 0.29) is 6.04 Å². The summed E-state index contributed by atoms with van der Waals surface area (Å²) in [5.74, 6) is 1.60. The van der Waals surface area contributed by atoms with E-state index in [4.69, 9.17) is 5.53 Å². The lowest BCUT2D eigenvalue weighted by Gasteiger charge is -2.32. The van der Waals surface area contributed by atoms with Crippen molar-refractivity contribution in [3.63, 3.8) is 0 Å². The van der Waals surface area contributed by atoms with Crippen molar-refractivity contribution in [1.82, 2.24) is 0 Å². The highest BCUT2D eigenvalue weighted by atomic mass is 15.1. The molecule has 2 aliphatic rings. The number of rotatable bonds is 3. The molecule has 3 rings (SSSR count). The van der Waals surface area contributed by atoms with E-state index in [0.717, 1.165) is 18.3 Å². The number of fused-ring (bicyclic) bond motifs is 2. The summed E-state index contributed by atoms with van der Waals surface area (Å²) in [6.07, 6.45) is 8.36. The van der Waals surface area contributed by atoms with E-state index in [9.17, 15) is 0 Å². The normalized spacial score (nSPS) is 24.9. The predicted molar refractivity (Wildman–Crippen MR) is 91.1 cm³/mol. The van der Waals surface area contributed by atoms with Gasteiger partial charge in [-0.1, -0.05) is 32.0 Å². The Hall–Kier alpha value is -1.47.